The van der Waals surface area contributed by atoms with Crippen molar-refractivity contribution in [1.82, 2.24) is 9.97 Å². The van der Waals surface area contributed by atoms with Gasteiger partial charge in [-0.2, -0.15) is 4.98 Å². The number of rotatable bonds is 5. The molecule has 0 saturated heterocycles. The van der Waals surface area contributed by atoms with E-state index in [1.54, 1.807) is 19.5 Å². The van der Waals surface area contributed by atoms with Crippen LogP contribution in [0.15, 0.2) is 12.4 Å². The Morgan fingerprint density at radius 2 is 2.31 bits per heavy atom. The first-order valence-electron chi connectivity index (χ1n) is 5.52. The molecule has 1 heterocycles. The molecule has 0 spiro atoms. The Labute approximate surface area is 95.4 Å². The highest BCUT2D eigenvalue weighted by Crippen LogP contribution is 2.40. The summed E-state index contributed by atoms with van der Waals surface area (Å²) in [6.07, 6.45) is 5.75. The summed E-state index contributed by atoms with van der Waals surface area (Å²) < 4.78 is 5.03. The summed E-state index contributed by atoms with van der Waals surface area (Å²) in [5.41, 5.74) is 5.74. The summed E-state index contributed by atoms with van der Waals surface area (Å²) in [6, 6.07) is 0. The van der Waals surface area contributed by atoms with E-state index in [0.29, 0.717) is 18.3 Å². The SMILES string of the molecule is COc1cncc(NC(C)(CN)C2CC2)n1. The molecule has 0 amide bonds. The van der Waals surface area contributed by atoms with Crippen molar-refractivity contribution in [3.05, 3.63) is 12.4 Å². The van der Waals surface area contributed by atoms with E-state index in [-0.39, 0.29) is 5.54 Å². The van der Waals surface area contributed by atoms with Gasteiger partial charge in [0.2, 0.25) is 5.88 Å². The zero-order valence-corrected chi connectivity index (χ0v) is 9.73. The fourth-order valence-electron chi connectivity index (χ4n) is 1.84. The van der Waals surface area contributed by atoms with Crippen LogP contribution in [-0.2, 0) is 0 Å². The highest BCUT2D eigenvalue weighted by atomic mass is 16.5. The van der Waals surface area contributed by atoms with E-state index in [9.17, 15) is 0 Å². The van der Waals surface area contributed by atoms with Gasteiger partial charge in [-0.3, -0.25) is 4.98 Å². The van der Waals surface area contributed by atoms with Crippen molar-refractivity contribution >= 4 is 5.82 Å². The number of hydrogen-bond acceptors (Lipinski definition) is 5. The predicted molar refractivity (Wildman–Crippen MR) is 62.4 cm³/mol. The number of nitrogens with zero attached hydrogens (tertiary/aromatic N) is 2. The van der Waals surface area contributed by atoms with E-state index in [1.165, 1.54) is 12.8 Å². The van der Waals surface area contributed by atoms with Gasteiger partial charge in [-0.15, -0.1) is 0 Å². The van der Waals surface area contributed by atoms with Gasteiger partial charge in [0.15, 0.2) is 0 Å². The third-order valence-electron chi connectivity index (χ3n) is 3.14. The van der Waals surface area contributed by atoms with Crippen LogP contribution >= 0.6 is 0 Å². The second kappa shape index (κ2) is 4.25. The lowest BCUT2D eigenvalue weighted by Gasteiger charge is -2.29. The molecule has 1 aromatic heterocycles. The van der Waals surface area contributed by atoms with Crippen LogP contribution in [0.5, 0.6) is 5.88 Å². The van der Waals surface area contributed by atoms with Crippen LogP contribution in [-0.4, -0.2) is 29.2 Å². The molecule has 0 aliphatic heterocycles. The van der Waals surface area contributed by atoms with Crippen molar-refractivity contribution in [1.29, 1.82) is 0 Å². The second-order valence-corrected chi connectivity index (χ2v) is 4.47. The number of ether oxygens (including phenoxy) is 1. The number of hydrogen-bond donors (Lipinski definition) is 2. The average Bonchev–Trinajstić information content (AvgIpc) is 3.13. The first-order valence-corrected chi connectivity index (χ1v) is 5.52. The molecule has 1 saturated carbocycles. The topological polar surface area (TPSA) is 73.1 Å². The standard InChI is InChI=1S/C11H18N4O/c1-11(7-12,8-3-4-8)15-9-5-13-6-10(14-9)16-2/h5-6,8H,3-4,7,12H2,1-2H3,(H,14,15). The van der Waals surface area contributed by atoms with Crippen LogP contribution < -0.4 is 15.8 Å². The Morgan fingerprint density at radius 1 is 1.56 bits per heavy atom. The lowest BCUT2D eigenvalue weighted by Crippen LogP contribution is -2.44. The summed E-state index contributed by atoms with van der Waals surface area (Å²) in [4.78, 5) is 8.35. The van der Waals surface area contributed by atoms with Gasteiger partial charge in [-0.1, -0.05) is 0 Å². The minimum Gasteiger partial charge on any atom is -0.480 e. The van der Waals surface area contributed by atoms with Gasteiger partial charge in [0, 0.05) is 6.54 Å². The average molecular weight is 222 g/mol. The van der Waals surface area contributed by atoms with Gasteiger partial charge >= 0.3 is 0 Å². The second-order valence-electron chi connectivity index (χ2n) is 4.47. The van der Waals surface area contributed by atoms with E-state index >= 15 is 0 Å². The van der Waals surface area contributed by atoms with Gasteiger partial charge in [0.1, 0.15) is 5.82 Å². The number of aromatic nitrogens is 2. The van der Waals surface area contributed by atoms with Crippen molar-refractivity contribution in [3.8, 4) is 5.88 Å². The number of methoxy groups -OCH3 is 1. The Bertz CT molecular complexity index is 367. The monoisotopic (exact) mass is 222 g/mol. The number of anilines is 1. The molecule has 1 unspecified atom stereocenters. The minimum absolute atomic E-state index is 0.0823. The van der Waals surface area contributed by atoms with Crippen molar-refractivity contribution < 1.29 is 4.74 Å². The van der Waals surface area contributed by atoms with Crippen LogP contribution in [0.4, 0.5) is 5.82 Å². The van der Waals surface area contributed by atoms with Gasteiger partial charge < -0.3 is 15.8 Å². The molecule has 1 atom stereocenters. The highest BCUT2D eigenvalue weighted by molar-refractivity contribution is 5.38. The fourth-order valence-corrected chi connectivity index (χ4v) is 1.84. The molecule has 2 rings (SSSR count). The van der Waals surface area contributed by atoms with E-state index in [0.717, 1.165) is 5.82 Å². The molecule has 1 aliphatic carbocycles. The van der Waals surface area contributed by atoms with Crippen LogP contribution in [0.3, 0.4) is 0 Å². The van der Waals surface area contributed by atoms with Crippen molar-refractivity contribution in [2.45, 2.75) is 25.3 Å². The zero-order chi connectivity index (χ0) is 11.6. The summed E-state index contributed by atoms with van der Waals surface area (Å²) in [6.45, 7) is 2.72. The molecule has 1 fully saturated rings. The van der Waals surface area contributed by atoms with Crippen molar-refractivity contribution in [2.24, 2.45) is 11.7 Å². The largest absolute Gasteiger partial charge is 0.480 e. The van der Waals surface area contributed by atoms with Crippen LogP contribution in [0, 0.1) is 5.92 Å². The maximum atomic E-state index is 5.82. The van der Waals surface area contributed by atoms with Crippen LogP contribution in [0.1, 0.15) is 19.8 Å². The van der Waals surface area contributed by atoms with Gasteiger partial charge in [0.25, 0.3) is 0 Å². The first-order chi connectivity index (χ1) is 7.68. The summed E-state index contributed by atoms with van der Waals surface area (Å²) >= 11 is 0. The quantitative estimate of drug-likeness (QED) is 0.778. The lowest BCUT2D eigenvalue weighted by atomic mass is 9.96. The normalized spacial score (nSPS) is 18.9. The van der Waals surface area contributed by atoms with E-state index in [1.807, 2.05) is 0 Å². The van der Waals surface area contributed by atoms with E-state index in [2.05, 4.69) is 22.2 Å². The molecule has 5 nitrogen and oxygen atoms in total. The summed E-state index contributed by atoms with van der Waals surface area (Å²) in [7, 11) is 1.58. The smallest absolute Gasteiger partial charge is 0.233 e. The number of nitrogens with one attached hydrogen (secondary N) is 1. The lowest BCUT2D eigenvalue weighted by molar-refractivity contribution is 0.394. The molecular weight excluding hydrogens is 204 g/mol. The Hall–Kier alpha value is -1.36. The van der Waals surface area contributed by atoms with Gasteiger partial charge in [-0.05, 0) is 25.7 Å². The van der Waals surface area contributed by atoms with Crippen molar-refractivity contribution in [3.63, 3.8) is 0 Å². The molecule has 88 valence electrons. The predicted octanol–water partition coefficient (Wildman–Crippen LogP) is 1.02. The highest BCUT2D eigenvalue weighted by Gasteiger charge is 2.40. The fraction of sp³-hybridized carbons (Fsp3) is 0.636. The molecule has 5 heteroatoms. The van der Waals surface area contributed by atoms with E-state index < -0.39 is 0 Å². The summed E-state index contributed by atoms with van der Waals surface area (Å²) in [5.74, 6) is 1.88. The number of nitrogens with two attached hydrogens (primary N) is 1. The third-order valence-corrected chi connectivity index (χ3v) is 3.14. The third kappa shape index (κ3) is 2.24. The molecular formula is C11H18N4O. The van der Waals surface area contributed by atoms with Gasteiger partial charge in [-0.25, -0.2) is 0 Å². The van der Waals surface area contributed by atoms with E-state index in [4.69, 9.17) is 10.5 Å². The Kier molecular flexibility index (Phi) is 2.96. The van der Waals surface area contributed by atoms with Crippen LogP contribution in [0.2, 0.25) is 0 Å². The molecule has 0 aromatic carbocycles. The molecule has 0 bridgehead atoms. The first kappa shape index (κ1) is 11.1. The Balaban J connectivity index is 2.12. The molecule has 3 N–H and O–H groups in total. The summed E-state index contributed by atoms with van der Waals surface area (Å²) in [5, 5.41) is 3.36. The van der Waals surface area contributed by atoms with Crippen LogP contribution in [0.25, 0.3) is 0 Å². The molecule has 1 aliphatic rings. The molecule has 16 heavy (non-hydrogen) atoms. The molecule has 1 aromatic rings. The Morgan fingerprint density at radius 3 is 2.88 bits per heavy atom. The zero-order valence-electron chi connectivity index (χ0n) is 9.73. The van der Waals surface area contributed by atoms with Crippen molar-refractivity contribution in [2.75, 3.05) is 19.0 Å². The maximum Gasteiger partial charge on any atom is 0.233 e. The van der Waals surface area contributed by atoms with Gasteiger partial charge in [0.05, 0.1) is 25.0 Å². The maximum absolute atomic E-state index is 5.82. The molecule has 0 radical (unpaired) electrons. The minimum atomic E-state index is -0.0823.